The van der Waals surface area contributed by atoms with Crippen molar-refractivity contribution in [3.8, 4) is 10.7 Å². The number of hydrogen-bond acceptors (Lipinski definition) is 6. The number of fused-ring (bicyclic) bond motifs is 1. The van der Waals surface area contributed by atoms with Crippen LogP contribution in [0.2, 0.25) is 0 Å². The molecular formula is C18H16N2O3S. The number of rotatable bonds is 5. The van der Waals surface area contributed by atoms with Gasteiger partial charge < -0.3 is 4.74 Å². The van der Waals surface area contributed by atoms with Gasteiger partial charge in [0, 0.05) is 17.3 Å². The molecule has 0 N–H and O–H groups in total. The van der Waals surface area contributed by atoms with Gasteiger partial charge in [-0.15, -0.1) is 11.3 Å². The van der Waals surface area contributed by atoms with Gasteiger partial charge in [-0.3, -0.25) is 14.6 Å². The maximum atomic E-state index is 12.2. The van der Waals surface area contributed by atoms with E-state index in [2.05, 4.69) is 9.97 Å². The summed E-state index contributed by atoms with van der Waals surface area (Å²) in [6.45, 7) is 1.77. The van der Waals surface area contributed by atoms with Gasteiger partial charge in [0.05, 0.1) is 17.7 Å². The lowest BCUT2D eigenvalue weighted by molar-refractivity contribution is -0.141. The summed E-state index contributed by atoms with van der Waals surface area (Å²) in [5.74, 6) is -0.276. The third kappa shape index (κ3) is 3.83. The Bertz CT molecular complexity index is 937. The van der Waals surface area contributed by atoms with Crippen LogP contribution in [0.25, 0.3) is 20.8 Å². The first-order valence-corrected chi connectivity index (χ1v) is 8.45. The average molecular weight is 340 g/mol. The summed E-state index contributed by atoms with van der Waals surface area (Å²) in [5, 5.41) is 1.24. The second-order valence-corrected chi connectivity index (χ2v) is 6.31. The number of esters is 1. The van der Waals surface area contributed by atoms with E-state index in [9.17, 15) is 9.59 Å². The Labute approximate surface area is 143 Å². The minimum absolute atomic E-state index is 0.235. The van der Waals surface area contributed by atoms with E-state index in [0.29, 0.717) is 35.5 Å². The molecule has 0 saturated carbocycles. The van der Waals surface area contributed by atoms with Crippen molar-refractivity contribution < 1.29 is 9.53 Å². The summed E-state index contributed by atoms with van der Waals surface area (Å²) in [4.78, 5) is 31.7. The smallest absolute Gasteiger partial charge is 0.302 e. The van der Waals surface area contributed by atoms with Crippen LogP contribution < -0.4 is 5.56 Å². The number of hydrogen-bond donors (Lipinski definition) is 0. The zero-order valence-corrected chi connectivity index (χ0v) is 14.0. The summed E-state index contributed by atoms with van der Waals surface area (Å²) in [7, 11) is 0. The SMILES string of the molecule is CC(=O)OCCCc1cccc(-c2nc(=O)c3ccccc3s2)n1. The number of nitrogens with zero attached hydrogens (tertiary/aromatic N) is 2. The van der Waals surface area contributed by atoms with E-state index < -0.39 is 0 Å². The van der Waals surface area contributed by atoms with Gasteiger partial charge in [-0.2, -0.15) is 4.98 Å². The van der Waals surface area contributed by atoms with Crippen molar-refractivity contribution in [2.45, 2.75) is 19.8 Å². The van der Waals surface area contributed by atoms with Gasteiger partial charge in [0.25, 0.3) is 5.56 Å². The third-order valence-electron chi connectivity index (χ3n) is 3.44. The molecule has 0 saturated heterocycles. The van der Waals surface area contributed by atoms with Crippen LogP contribution in [0.4, 0.5) is 0 Å². The summed E-state index contributed by atoms with van der Waals surface area (Å²) in [5.41, 5.74) is 1.34. The normalized spacial score (nSPS) is 10.7. The molecule has 5 nitrogen and oxygen atoms in total. The van der Waals surface area contributed by atoms with Gasteiger partial charge in [0.1, 0.15) is 5.01 Å². The Hall–Kier alpha value is -2.60. The zero-order chi connectivity index (χ0) is 16.9. The van der Waals surface area contributed by atoms with Crippen molar-refractivity contribution in [2.75, 3.05) is 6.61 Å². The van der Waals surface area contributed by atoms with E-state index in [1.54, 1.807) is 6.07 Å². The van der Waals surface area contributed by atoms with E-state index in [1.165, 1.54) is 18.3 Å². The number of carbonyl (C=O) groups excluding carboxylic acids is 1. The molecule has 1 aromatic carbocycles. The van der Waals surface area contributed by atoms with Gasteiger partial charge in [-0.05, 0) is 37.1 Å². The molecule has 0 amide bonds. The summed E-state index contributed by atoms with van der Waals surface area (Å²) < 4.78 is 5.82. The second-order valence-electron chi connectivity index (χ2n) is 5.28. The van der Waals surface area contributed by atoms with Gasteiger partial charge in [-0.25, -0.2) is 0 Å². The van der Waals surface area contributed by atoms with Crippen LogP contribution in [0.3, 0.4) is 0 Å². The van der Waals surface area contributed by atoms with Gasteiger partial charge in [0.2, 0.25) is 0 Å². The largest absolute Gasteiger partial charge is 0.466 e. The van der Waals surface area contributed by atoms with Crippen LogP contribution in [0, 0.1) is 0 Å². The Morgan fingerprint density at radius 3 is 2.79 bits per heavy atom. The first-order chi connectivity index (χ1) is 11.6. The standard InChI is InChI=1S/C18H16N2O3S/c1-12(21)23-11-5-7-13-6-4-9-15(19-13)18-20-17(22)14-8-2-3-10-16(14)24-18/h2-4,6,8-10H,5,7,11H2,1H3. The minimum atomic E-state index is -0.276. The number of pyridine rings is 1. The zero-order valence-electron chi connectivity index (χ0n) is 13.2. The highest BCUT2D eigenvalue weighted by Crippen LogP contribution is 2.24. The molecule has 2 heterocycles. The maximum Gasteiger partial charge on any atom is 0.302 e. The molecule has 6 heteroatoms. The Balaban J connectivity index is 1.83. The van der Waals surface area contributed by atoms with Crippen molar-refractivity contribution in [1.29, 1.82) is 0 Å². The van der Waals surface area contributed by atoms with E-state index >= 15 is 0 Å². The molecule has 0 radical (unpaired) electrons. The lowest BCUT2D eigenvalue weighted by atomic mass is 10.2. The molecule has 0 bridgehead atoms. The quantitative estimate of drug-likeness (QED) is 0.527. The summed E-state index contributed by atoms with van der Waals surface area (Å²) >= 11 is 1.45. The lowest BCUT2D eigenvalue weighted by Crippen LogP contribution is -2.06. The predicted octanol–water partition coefficient (Wildman–Crippen LogP) is 3.21. The molecule has 0 aliphatic heterocycles. The van der Waals surface area contributed by atoms with Crippen molar-refractivity contribution in [1.82, 2.24) is 9.97 Å². The molecule has 3 rings (SSSR count). The third-order valence-corrected chi connectivity index (χ3v) is 4.51. The van der Waals surface area contributed by atoms with E-state index in [-0.39, 0.29) is 11.5 Å². The molecule has 0 aliphatic carbocycles. The van der Waals surface area contributed by atoms with Crippen LogP contribution in [0.5, 0.6) is 0 Å². The van der Waals surface area contributed by atoms with Crippen molar-refractivity contribution in [2.24, 2.45) is 0 Å². The Morgan fingerprint density at radius 2 is 1.96 bits per heavy atom. The van der Waals surface area contributed by atoms with E-state index in [1.807, 2.05) is 36.4 Å². The maximum absolute atomic E-state index is 12.2. The van der Waals surface area contributed by atoms with Gasteiger partial charge in [-0.1, -0.05) is 18.2 Å². The number of ether oxygens (including phenoxy) is 1. The summed E-state index contributed by atoms with van der Waals surface area (Å²) in [6.07, 6.45) is 1.40. The van der Waals surface area contributed by atoms with Crippen LogP contribution >= 0.6 is 11.3 Å². The highest BCUT2D eigenvalue weighted by molar-refractivity contribution is 7.21. The van der Waals surface area contributed by atoms with Gasteiger partial charge >= 0.3 is 5.97 Å². The number of aromatic nitrogens is 2. The molecule has 3 aromatic rings. The van der Waals surface area contributed by atoms with Crippen LogP contribution in [-0.2, 0) is 16.0 Å². The molecule has 0 spiro atoms. The summed E-state index contributed by atoms with van der Waals surface area (Å²) in [6, 6.07) is 13.1. The molecule has 0 fully saturated rings. The van der Waals surface area contributed by atoms with Crippen LogP contribution in [0.1, 0.15) is 19.0 Å². The fourth-order valence-corrected chi connectivity index (χ4v) is 3.30. The number of carbonyl (C=O) groups is 1. The Kier molecular flexibility index (Phi) is 4.96. The fraction of sp³-hybridized carbons (Fsp3) is 0.222. The molecule has 0 atom stereocenters. The topological polar surface area (TPSA) is 69.2 Å². The lowest BCUT2D eigenvalue weighted by Gasteiger charge is -2.05. The van der Waals surface area contributed by atoms with Gasteiger partial charge in [0.15, 0.2) is 0 Å². The van der Waals surface area contributed by atoms with E-state index in [0.717, 1.165) is 10.4 Å². The van der Waals surface area contributed by atoms with Crippen molar-refractivity contribution in [3.63, 3.8) is 0 Å². The Morgan fingerprint density at radius 1 is 1.12 bits per heavy atom. The highest BCUT2D eigenvalue weighted by atomic mass is 32.1. The molecular weight excluding hydrogens is 324 g/mol. The molecule has 2 aromatic heterocycles. The molecule has 0 unspecified atom stereocenters. The monoisotopic (exact) mass is 340 g/mol. The average Bonchev–Trinajstić information content (AvgIpc) is 2.59. The molecule has 122 valence electrons. The second kappa shape index (κ2) is 7.31. The highest BCUT2D eigenvalue weighted by Gasteiger charge is 2.08. The van der Waals surface area contributed by atoms with Crippen molar-refractivity contribution >= 4 is 27.4 Å². The molecule has 0 aliphatic rings. The minimum Gasteiger partial charge on any atom is -0.466 e. The first kappa shape index (κ1) is 16.3. The fourth-order valence-electron chi connectivity index (χ4n) is 2.33. The van der Waals surface area contributed by atoms with Crippen molar-refractivity contribution in [3.05, 3.63) is 58.5 Å². The number of aryl methyl sites for hydroxylation is 1. The molecule has 24 heavy (non-hydrogen) atoms. The van der Waals surface area contributed by atoms with E-state index in [4.69, 9.17) is 4.74 Å². The van der Waals surface area contributed by atoms with Crippen LogP contribution in [0.15, 0.2) is 47.3 Å². The number of benzene rings is 1. The predicted molar refractivity (Wildman–Crippen MR) is 94.1 cm³/mol. The first-order valence-electron chi connectivity index (χ1n) is 7.63. The van der Waals surface area contributed by atoms with Crippen LogP contribution in [-0.4, -0.2) is 22.5 Å².